The van der Waals surface area contributed by atoms with Crippen LogP contribution >= 0.6 is 0 Å². The van der Waals surface area contributed by atoms with Crippen molar-refractivity contribution < 1.29 is 8.42 Å². The second-order valence-corrected chi connectivity index (χ2v) is 6.78. The topological polar surface area (TPSA) is 61.4 Å². The molecule has 2 aliphatic heterocycles. The summed E-state index contributed by atoms with van der Waals surface area (Å²) < 4.78 is 28.8. The van der Waals surface area contributed by atoms with Crippen LogP contribution in [-0.4, -0.2) is 44.4 Å². The SMILES string of the molecule is CC1NCCCC1NS(=O)(=O)N1CCCCC1. The van der Waals surface area contributed by atoms with Crippen molar-refractivity contribution in [3.8, 4) is 0 Å². The highest BCUT2D eigenvalue weighted by atomic mass is 32.2. The highest BCUT2D eigenvalue weighted by Crippen LogP contribution is 2.15. The number of piperidine rings is 2. The van der Waals surface area contributed by atoms with Crippen LogP contribution in [0.4, 0.5) is 0 Å². The van der Waals surface area contributed by atoms with Gasteiger partial charge in [-0.05, 0) is 39.2 Å². The lowest BCUT2D eigenvalue weighted by Crippen LogP contribution is -2.55. The van der Waals surface area contributed by atoms with E-state index in [1.54, 1.807) is 4.31 Å². The fourth-order valence-corrected chi connectivity index (χ4v) is 4.17. The monoisotopic (exact) mass is 261 g/mol. The first-order valence-corrected chi connectivity index (χ1v) is 8.04. The van der Waals surface area contributed by atoms with Crippen molar-refractivity contribution in [2.45, 2.75) is 51.1 Å². The van der Waals surface area contributed by atoms with Gasteiger partial charge in [0.05, 0.1) is 0 Å². The van der Waals surface area contributed by atoms with Gasteiger partial charge in [0.1, 0.15) is 0 Å². The maximum absolute atomic E-state index is 12.2. The van der Waals surface area contributed by atoms with Gasteiger partial charge >= 0.3 is 0 Å². The van der Waals surface area contributed by atoms with Crippen LogP contribution in [0.3, 0.4) is 0 Å². The molecule has 2 atom stereocenters. The summed E-state index contributed by atoms with van der Waals surface area (Å²) in [7, 11) is -3.27. The van der Waals surface area contributed by atoms with E-state index in [4.69, 9.17) is 0 Å². The van der Waals surface area contributed by atoms with Gasteiger partial charge in [0.15, 0.2) is 0 Å². The average Bonchev–Trinajstić information content (AvgIpc) is 2.33. The van der Waals surface area contributed by atoms with Gasteiger partial charge in [0, 0.05) is 25.2 Å². The Labute approximate surface area is 104 Å². The molecule has 0 spiro atoms. The minimum Gasteiger partial charge on any atom is -0.313 e. The molecule has 2 saturated heterocycles. The van der Waals surface area contributed by atoms with Crippen LogP contribution in [0.5, 0.6) is 0 Å². The van der Waals surface area contributed by atoms with Crippen molar-refractivity contribution in [1.29, 1.82) is 0 Å². The van der Waals surface area contributed by atoms with Crippen LogP contribution in [0.2, 0.25) is 0 Å². The molecule has 0 aliphatic carbocycles. The summed E-state index contributed by atoms with van der Waals surface area (Å²) >= 11 is 0. The molecule has 6 heteroatoms. The van der Waals surface area contributed by atoms with E-state index in [1.807, 2.05) is 6.92 Å². The zero-order valence-electron chi connectivity index (χ0n) is 10.5. The standard InChI is InChI=1S/C11H23N3O2S/c1-10-11(6-5-7-12-10)13-17(15,16)14-8-3-2-4-9-14/h10-13H,2-9H2,1H3. The number of rotatable bonds is 3. The molecule has 2 N–H and O–H groups in total. The number of nitrogens with one attached hydrogen (secondary N) is 2. The molecule has 2 fully saturated rings. The summed E-state index contributed by atoms with van der Waals surface area (Å²) in [6, 6.07) is 0.263. The van der Waals surface area contributed by atoms with E-state index in [-0.39, 0.29) is 12.1 Å². The fourth-order valence-electron chi connectivity index (χ4n) is 2.58. The van der Waals surface area contributed by atoms with Crippen LogP contribution in [0.1, 0.15) is 39.0 Å². The molecule has 17 heavy (non-hydrogen) atoms. The van der Waals surface area contributed by atoms with Crippen LogP contribution < -0.4 is 10.0 Å². The number of hydrogen-bond donors (Lipinski definition) is 2. The van der Waals surface area contributed by atoms with Crippen molar-refractivity contribution in [2.24, 2.45) is 0 Å². The van der Waals surface area contributed by atoms with E-state index in [9.17, 15) is 8.42 Å². The summed E-state index contributed by atoms with van der Waals surface area (Å²) in [5, 5.41) is 3.31. The Balaban J connectivity index is 1.95. The predicted molar refractivity (Wildman–Crippen MR) is 68.0 cm³/mol. The Hall–Kier alpha value is -0.170. The smallest absolute Gasteiger partial charge is 0.279 e. The molecule has 0 aromatic rings. The van der Waals surface area contributed by atoms with Crippen LogP contribution in [0, 0.1) is 0 Å². The lowest BCUT2D eigenvalue weighted by atomic mass is 10.0. The Morgan fingerprint density at radius 1 is 1.18 bits per heavy atom. The molecular formula is C11H23N3O2S. The molecule has 2 unspecified atom stereocenters. The van der Waals surface area contributed by atoms with Crippen LogP contribution in [-0.2, 0) is 10.2 Å². The highest BCUT2D eigenvalue weighted by Gasteiger charge is 2.30. The third kappa shape index (κ3) is 3.40. The summed E-state index contributed by atoms with van der Waals surface area (Å²) in [5.74, 6) is 0. The van der Waals surface area contributed by atoms with Crippen molar-refractivity contribution in [2.75, 3.05) is 19.6 Å². The van der Waals surface area contributed by atoms with Gasteiger partial charge in [0.25, 0.3) is 10.2 Å². The van der Waals surface area contributed by atoms with E-state index in [2.05, 4.69) is 10.0 Å². The van der Waals surface area contributed by atoms with Gasteiger partial charge in [-0.15, -0.1) is 0 Å². The molecule has 2 aliphatic rings. The van der Waals surface area contributed by atoms with Crippen LogP contribution in [0.25, 0.3) is 0 Å². The minimum atomic E-state index is -3.27. The van der Waals surface area contributed by atoms with Gasteiger partial charge in [-0.25, -0.2) is 0 Å². The van der Waals surface area contributed by atoms with Gasteiger partial charge < -0.3 is 5.32 Å². The van der Waals surface area contributed by atoms with E-state index in [0.717, 1.165) is 38.6 Å². The first-order chi connectivity index (χ1) is 8.09. The van der Waals surface area contributed by atoms with Crippen LogP contribution in [0.15, 0.2) is 0 Å². The van der Waals surface area contributed by atoms with E-state index in [1.165, 1.54) is 0 Å². The number of hydrogen-bond acceptors (Lipinski definition) is 3. The Kier molecular flexibility index (Phi) is 4.41. The zero-order chi connectivity index (χ0) is 12.3. The third-order valence-electron chi connectivity index (χ3n) is 3.72. The second kappa shape index (κ2) is 5.65. The molecular weight excluding hydrogens is 238 g/mol. The molecule has 0 aromatic heterocycles. The van der Waals surface area contributed by atoms with Crippen molar-refractivity contribution in [3.05, 3.63) is 0 Å². The fraction of sp³-hybridized carbons (Fsp3) is 1.00. The highest BCUT2D eigenvalue weighted by molar-refractivity contribution is 7.87. The maximum atomic E-state index is 12.2. The van der Waals surface area contributed by atoms with E-state index in [0.29, 0.717) is 13.1 Å². The first-order valence-electron chi connectivity index (χ1n) is 6.60. The molecule has 100 valence electrons. The van der Waals surface area contributed by atoms with Gasteiger partial charge in [-0.3, -0.25) is 0 Å². The molecule has 2 rings (SSSR count). The quantitative estimate of drug-likeness (QED) is 0.775. The van der Waals surface area contributed by atoms with Gasteiger partial charge in [-0.1, -0.05) is 6.42 Å². The molecule has 0 aromatic carbocycles. The molecule has 5 nitrogen and oxygen atoms in total. The molecule has 0 saturated carbocycles. The Morgan fingerprint density at radius 2 is 1.88 bits per heavy atom. The largest absolute Gasteiger partial charge is 0.313 e. The Morgan fingerprint density at radius 3 is 2.53 bits per heavy atom. The summed E-state index contributed by atoms with van der Waals surface area (Å²) in [6.45, 7) is 4.37. The summed E-state index contributed by atoms with van der Waals surface area (Å²) in [4.78, 5) is 0. The molecule has 0 bridgehead atoms. The van der Waals surface area contributed by atoms with Crippen molar-refractivity contribution in [3.63, 3.8) is 0 Å². The van der Waals surface area contributed by atoms with Gasteiger partial charge in [-0.2, -0.15) is 17.4 Å². The first kappa shape index (κ1) is 13.3. The summed E-state index contributed by atoms with van der Waals surface area (Å²) in [6.07, 6.45) is 5.09. The molecule has 0 radical (unpaired) electrons. The average molecular weight is 261 g/mol. The lowest BCUT2D eigenvalue weighted by molar-refractivity contribution is 0.314. The van der Waals surface area contributed by atoms with E-state index >= 15 is 0 Å². The predicted octanol–water partition coefficient (Wildman–Crippen LogP) is 0.447. The van der Waals surface area contributed by atoms with Gasteiger partial charge in [0.2, 0.25) is 0 Å². The van der Waals surface area contributed by atoms with Crippen molar-refractivity contribution in [1.82, 2.24) is 14.3 Å². The Bertz CT molecular complexity index is 339. The lowest BCUT2D eigenvalue weighted by Gasteiger charge is -2.33. The maximum Gasteiger partial charge on any atom is 0.279 e. The third-order valence-corrected chi connectivity index (χ3v) is 5.36. The zero-order valence-corrected chi connectivity index (χ0v) is 11.3. The molecule has 0 amide bonds. The normalized spacial score (nSPS) is 32.5. The second-order valence-electron chi connectivity index (χ2n) is 5.07. The summed E-state index contributed by atoms with van der Waals surface area (Å²) in [5.41, 5.74) is 0. The van der Waals surface area contributed by atoms with E-state index < -0.39 is 10.2 Å². The van der Waals surface area contributed by atoms with Crippen molar-refractivity contribution >= 4 is 10.2 Å². The minimum absolute atomic E-state index is 0.0377. The number of nitrogens with zero attached hydrogens (tertiary/aromatic N) is 1. The molecule has 2 heterocycles.